The summed E-state index contributed by atoms with van der Waals surface area (Å²) < 4.78 is 13.2. The first-order chi connectivity index (χ1) is 13.5. The van der Waals surface area contributed by atoms with E-state index in [4.69, 9.17) is 0 Å². The second kappa shape index (κ2) is 9.45. The molecule has 1 unspecified atom stereocenters. The smallest absolute Gasteiger partial charge is 0.250 e. The van der Waals surface area contributed by atoms with Gasteiger partial charge >= 0.3 is 0 Å². The van der Waals surface area contributed by atoms with Crippen LogP contribution in [-0.2, 0) is 9.59 Å². The zero-order chi connectivity index (χ0) is 20.1. The van der Waals surface area contributed by atoms with Gasteiger partial charge in [-0.05, 0) is 44.0 Å². The second-order valence-corrected chi connectivity index (χ2v) is 8.23. The van der Waals surface area contributed by atoms with Gasteiger partial charge in [0.15, 0.2) is 0 Å². The van der Waals surface area contributed by atoms with Gasteiger partial charge in [0.1, 0.15) is 11.9 Å². The highest BCUT2D eigenvalue weighted by molar-refractivity contribution is 7.99. The average molecular weight is 406 g/mol. The molecule has 2 fully saturated rings. The molecule has 0 spiro atoms. The molecule has 2 aliphatic heterocycles. The Bertz CT molecular complexity index is 738. The summed E-state index contributed by atoms with van der Waals surface area (Å²) in [5.41, 5.74) is 1.69. The maximum atomic E-state index is 13.2. The van der Waals surface area contributed by atoms with E-state index in [0.29, 0.717) is 36.8 Å². The Hall–Kier alpha value is -2.02. The summed E-state index contributed by atoms with van der Waals surface area (Å²) in [7, 11) is 0. The Morgan fingerprint density at radius 2 is 1.93 bits per heavy atom. The van der Waals surface area contributed by atoms with Gasteiger partial charge in [-0.1, -0.05) is 13.0 Å². The van der Waals surface area contributed by atoms with Gasteiger partial charge < -0.3 is 14.7 Å². The van der Waals surface area contributed by atoms with Crippen LogP contribution < -0.4 is 4.90 Å². The predicted molar refractivity (Wildman–Crippen MR) is 112 cm³/mol. The van der Waals surface area contributed by atoms with Crippen LogP contribution in [0.3, 0.4) is 0 Å². The van der Waals surface area contributed by atoms with E-state index in [0.717, 1.165) is 25.1 Å². The minimum Gasteiger partial charge on any atom is -0.370 e. The standard InChI is InChI=1S/C21H28FN3O2S/c1-3-5-16(2)20(26)25-15-28-14-19(25)21(27)24-11-4-10-23(12-13-24)18-8-6-17(22)7-9-18/h5-9,19H,3-4,10-15H2,1-2H3/b16-5-. The molecule has 1 aromatic carbocycles. The lowest BCUT2D eigenvalue weighted by Crippen LogP contribution is -2.50. The first kappa shape index (κ1) is 20.7. The molecule has 7 heteroatoms. The number of nitrogens with zero attached hydrogens (tertiary/aromatic N) is 3. The van der Waals surface area contributed by atoms with Crippen LogP contribution in [0.2, 0.25) is 0 Å². The largest absolute Gasteiger partial charge is 0.370 e. The minimum atomic E-state index is -0.380. The molecule has 3 rings (SSSR count). The van der Waals surface area contributed by atoms with Gasteiger partial charge in [0.2, 0.25) is 5.91 Å². The normalized spacial score (nSPS) is 21.0. The quantitative estimate of drug-likeness (QED) is 0.722. The van der Waals surface area contributed by atoms with E-state index in [1.54, 1.807) is 28.8 Å². The lowest BCUT2D eigenvalue weighted by molar-refractivity contribution is -0.141. The highest BCUT2D eigenvalue weighted by Gasteiger charge is 2.37. The summed E-state index contributed by atoms with van der Waals surface area (Å²) >= 11 is 1.63. The van der Waals surface area contributed by atoms with E-state index in [1.807, 2.05) is 24.8 Å². The van der Waals surface area contributed by atoms with Crippen molar-refractivity contribution in [3.05, 3.63) is 41.7 Å². The molecule has 0 radical (unpaired) electrons. The zero-order valence-electron chi connectivity index (χ0n) is 16.6. The van der Waals surface area contributed by atoms with Crippen molar-refractivity contribution >= 4 is 29.3 Å². The summed E-state index contributed by atoms with van der Waals surface area (Å²) in [5, 5.41) is 0. The lowest BCUT2D eigenvalue weighted by atomic mass is 10.1. The maximum Gasteiger partial charge on any atom is 0.250 e. The molecule has 2 saturated heterocycles. The molecule has 2 heterocycles. The number of halogens is 1. The van der Waals surface area contributed by atoms with E-state index < -0.39 is 0 Å². The number of amides is 2. The Morgan fingerprint density at radius 3 is 2.64 bits per heavy atom. The average Bonchev–Trinajstić information content (AvgIpc) is 3.05. The van der Waals surface area contributed by atoms with Crippen LogP contribution in [0.1, 0.15) is 26.7 Å². The van der Waals surface area contributed by atoms with E-state index in [2.05, 4.69) is 4.90 Å². The molecule has 0 aliphatic carbocycles. The van der Waals surface area contributed by atoms with Gasteiger partial charge in [0, 0.05) is 43.2 Å². The van der Waals surface area contributed by atoms with Crippen molar-refractivity contribution in [3.63, 3.8) is 0 Å². The van der Waals surface area contributed by atoms with Gasteiger partial charge in [0.05, 0.1) is 5.88 Å². The fraction of sp³-hybridized carbons (Fsp3) is 0.524. The number of allylic oxidation sites excluding steroid dienone is 1. The van der Waals surface area contributed by atoms with Crippen molar-refractivity contribution in [3.8, 4) is 0 Å². The van der Waals surface area contributed by atoms with Crippen molar-refractivity contribution in [2.75, 3.05) is 42.7 Å². The van der Waals surface area contributed by atoms with E-state index >= 15 is 0 Å². The first-order valence-electron chi connectivity index (χ1n) is 9.86. The molecule has 152 valence electrons. The summed E-state index contributed by atoms with van der Waals surface area (Å²) in [6.07, 6.45) is 3.58. The number of rotatable bonds is 4. The van der Waals surface area contributed by atoms with Crippen LogP contribution in [0.15, 0.2) is 35.9 Å². The van der Waals surface area contributed by atoms with Gasteiger partial charge in [-0.2, -0.15) is 0 Å². The molecule has 1 atom stereocenters. The molecule has 28 heavy (non-hydrogen) atoms. The highest BCUT2D eigenvalue weighted by atomic mass is 32.2. The van der Waals surface area contributed by atoms with Crippen LogP contribution in [0.5, 0.6) is 0 Å². The molecule has 0 bridgehead atoms. The summed E-state index contributed by atoms with van der Waals surface area (Å²) in [6, 6.07) is 6.12. The molecular formula is C21H28FN3O2S. The van der Waals surface area contributed by atoms with E-state index in [1.165, 1.54) is 12.1 Å². The van der Waals surface area contributed by atoms with Crippen molar-refractivity contribution in [2.45, 2.75) is 32.7 Å². The van der Waals surface area contributed by atoms with Gasteiger partial charge in [0.25, 0.3) is 5.91 Å². The number of thioether (sulfide) groups is 1. The van der Waals surface area contributed by atoms with Crippen LogP contribution in [0, 0.1) is 5.82 Å². The minimum absolute atomic E-state index is 0.0343. The summed E-state index contributed by atoms with van der Waals surface area (Å²) in [5.74, 6) is 0.991. The molecule has 2 aliphatic rings. The number of carbonyl (C=O) groups excluding carboxylic acids is 2. The van der Waals surface area contributed by atoms with Crippen LogP contribution in [0.4, 0.5) is 10.1 Å². The Labute approximate surface area is 170 Å². The van der Waals surface area contributed by atoms with Gasteiger partial charge in [-0.15, -0.1) is 11.8 Å². The van der Waals surface area contributed by atoms with E-state index in [9.17, 15) is 14.0 Å². The summed E-state index contributed by atoms with van der Waals surface area (Å²) in [6.45, 7) is 6.66. The monoisotopic (exact) mass is 405 g/mol. The molecule has 0 saturated carbocycles. The summed E-state index contributed by atoms with van der Waals surface area (Å²) in [4.78, 5) is 31.7. The number of carbonyl (C=O) groups is 2. The second-order valence-electron chi connectivity index (χ2n) is 7.23. The Morgan fingerprint density at radius 1 is 1.18 bits per heavy atom. The lowest BCUT2D eigenvalue weighted by Gasteiger charge is -2.29. The topological polar surface area (TPSA) is 43.9 Å². The molecule has 5 nitrogen and oxygen atoms in total. The van der Waals surface area contributed by atoms with Crippen molar-refractivity contribution in [1.82, 2.24) is 9.80 Å². The van der Waals surface area contributed by atoms with Gasteiger partial charge in [-0.25, -0.2) is 4.39 Å². The van der Waals surface area contributed by atoms with Crippen molar-refractivity contribution < 1.29 is 14.0 Å². The number of anilines is 1. The molecule has 2 amide bonds. The third-order valence-corrected chi connectivity index (χ3v) is 6.29. The predicted octanol–water partition coefficient (Wildman–Crippen LogP) is 3.12. The van der Waals surface area contributed by atoms with Gasteiger partial charge in [-0.3, -0.25) is 9.59 Å². The third kappa shape index (κ3) is 4.69. The highest BCUT2D eigenvalue weighted by Crippen LogP contribution is 2.25. The van der Waals surface area contributed by atoms with Crippen molar-refractivity contribution in [2.24, 2.45) is 0 Å². The molecule has 1 aromatic rings. The van der Waals surface area contributed by atoms with Crippen LogP contribution >= 0.6 is 11.8 Å². The Kier molecular flexibility index (Phi) is 6.99. The maximum absolute atomic E-state index is 13.2. The van der Waals surface area contributed by atoms with Crippen LogP contribution in [0.25, 0.3) is 0 Å². The third-order valence-electron chi connectivity index (χ3n) is 5.28. The van der Waals surface area contributed by atoms with Crippen molar-refractivity contribution in [1.29, 1.82) is 0 Å². The molecular weight excluding hydrogens is 377 g/mol. The molecule has 0 N–H and O–H groups in total. The SMILES string of the molecule is CC/C=C(/C)C(=O)N1CSCC1C(=O)N1CCCN(c2ccc(F)cc2)CC1. The fourth-order valence-corrected chi connectivity index (χ4v) is 4.87. The first-order valence-corrected chi connectivity index (χ1v) is 11.0. The van der Waals surface area contributed by atoms with E-state index in [-0.39, 0.29) is 23.7 Å². The Balaban J connectivity index is 1.64. The zero-order valence-corrected chi connectivity index (χ0v) is 17.4. The fourth-order valence-electron chi connectivity index (χ4n) is 3.73. The molecule has 0 aromatic heterocycles. The van der Waals surface area contributed by atoms with Crippen LogP contribution in [-0.4, -0.2) is 65.5 Å². The number of hydrogen-bond acceptors (Lipinski definition) is 4. The number of hydrogen-bond donors (Lipinski definition) is 0. The number of benzene rings is 1.